The monoisotopic (exact) mass is 225 g/mol. The van der Waals surface area contributed by atoms with E-state index in [1.54, 1.807) is 0 Å². The maximum atomic E-state index is 11.2. The van der Waals surface area contributed by atoms with Crippen LogP contribution < -0.4 is 5.32 Å². The molecule has 94 valence electrons. The van der Waals surface area contributed by atoms with Crippen molar-refractivity contribution in [2.24, 2.45) is 16.7 Å². The first-order valence-electron chi connectivity index (χ1n) is 5.96. The maximum absolute atomic E-state index is 11.2. The zero-order valence-electron chi connectivity index (χ0n) is 11.7. The Morgan fingerprint density at radius 2 is 1.75 bits per heavy atom. The van der Waals surface area contributed by atoms with Crippen LogP contribution in [0.1, 0.15) is 48.0 Å². The molecule has 0 spiro atoms. The van der Waals surface area contributed by atoms with Gasteiger partial charge in [-0.15, -0.1) is 0 Å². The summed E-state index contributed by atoms with van der Waals surface area (Å²) in [5.74, 6) is 0.402. The highest BCUT2D eigenvalue weighted by Gasteiger charge is 2.28. The van der Waals surface area contributed by atoms with Gasteiger partial charge in [0.2, 0.25) is 5.91 Å². The topological polar surface area (TPSA) is 29.1 Å². The second kappa shape index (κ2) is 5.51. The van der Waals surface area contributed by atoms with Gasteiger partial charge in [-0.1, -0.05) is 48.1 Å². The molecule has 16 heavy (non-hydrogen) atoms. The molecule has 0 aromatic carbocycles. The molecule has 0 fully saturated rings. The minimum atomic E-state index is -0.0804. The molecule has 0 aromatic rings. The van der Waals surface area contributed by atoms with Gasteiger partial charge in [0, 0.05) is 6.54 Å². The van der Waals surface area contributed by atoms with Gasteiger partial charge < -0.3 is 5.32 Å². The van der Waals surface area contributed by atoms with Crippen molar-refractivity contribution in [2.75, 3.05) is 6.54 Å². The van der Waals surface area contributed by atoms with Crippen LogP contribution in [-0.4, -0.2) is 12.5 Å². The van der Waals surface area contributed by atoms with Crippen molar-refractivity contribution in [1.82, 2.24) is 5.32 Å². The van der Waals surface area contributed by atoms with Crippen LogP contribution in [0.2, 0.25) is 0 Å². The molecule has 2 nitrogen and oxygen atoms in total. The van der Waals surface area contributed by atoms with E-state index < -0.39 is 0 Å². The smallest absolute Gasteiger partial charge is 0.243 e. The molecule has 1 amide bonds. The van der Waals surface area contributed by atoms with Gasteiger partial charge in [-0.25, -0.2) is 0 Å². The lowest BCUT2D eigenvalue weighted by atomic mass is 9.72. The maximum Gasteiger partial charge on any atom is 0.243 e. The van der Waals surface area contributed by atoms with Crippen molar-refractivity contribution in [2.45, 2.75) is 48.0 Å². The lowest BCUT2D eigenvalue weighted by molar-refractivity contribution is -0.116. The first kappa shape index (κ1) is 15.2. The molecule has 0 saturated heterocycles. The molecule has 0 rings (SSSR count). The molecule has 0 bridgehead atoms. The molecule has 1 unspecified atom stereocenters. The minimum Gasteiger partial charge on any atom is -0.352 e. The SMILES string of the molecule is C=CC(=O)NCC(CC(C)(C)C)C(C)(C)C. The highest BCUT2D eigenvalue weighted by Crippen LogP contribution is 2.35. The van der Waals surface area contributed by atoms with Gasteiger partial charge in [-0.05, 0) is 29.2 Å². The summed E-state index contributed by atoms with van der Waals surface area (Å²) >= 11 is 0. The first-order chi connectivity index (χ1) is 7.06. The molecule has 0 aliphatic heterocycles. The van der Waals surface area contributed by atoms with Crippen LogP contribution in [0.5, 0.6) is 0 Å². The van der Waals surface area contributed by atoms with Gasteiger partial charge in [0.1, 0.15) is 0 Å². The van der Waals surface area contributed by atoms with Gasteiger partial charge in [0.25, 0.3) is 0 Å². The van der Waals surface area contributed by atoms with E-state index in [0.29, 0.717) is 5.92 Å². The molecule has 0 radical (unpaired) electrons. The average molecular weight is 225 g/mol. The predicted molar refractivity (Wildman–Crippen MR) is 70.2 cm³/mol. The Kier molecular flexibility index (Phi) is 5.24. The summed E-state index contributed by atoms with van der Waals surface area (Å²) in [5, 5.41) is 2.90. The number of carbonyl (C=O) groups is 1. The molecule has 1 N–H and O–H groups in total. The summed E-state index contributed by atoms with van der Waals surface area (Å²) in [6.45, 7) is 17.6. The van der Waals surface area contributed by atoms with Crippen molar-refractivity contribution < 1.29 is 4.79 Å². The van der Waals surface area contributed by atoms with Gasteiger partial charge in [0.05, 0.1) is 0 Å². The zero-order chi connectivity index (χ0) is 13.0. The van der Waals surface area contributed by atoms with Crippen molar-refractivity contribution >= 4 is 5.91 Å². The molecular formula is C14H27NO. The quantitative estimate of drug-likeness (QED) is 0.730. The van der Waals surface area contributed by atoms with Gasteiger partial charge in [-0.3, -0.25) is 4.79 Å². The van der Waals surface area contributed by atoms with Crippen LogP contribution >= 0.6 is 0 Å². The molecule has 0 aromatic heterocycles. The predicted octanol–water partition coefficient (Wildman–Crippen LogP) is 3.39. The first-order valence-corrected chi connectivity index (χ1v) is 5.96. The minimum absolute atomic E-state index is 0.0804. The summed E-state index contributed by atoms with van der Waals surface area (Å²) in [4.78, 5) is 11.2. The Labute approximate surface area is 101 Å². The normalized spacial score (nSPS) is 14.4. The van der Waals surface area contributed by atoms with Crippen LogP contribution in [0, 0.1) is 16.7 Å². The lowest BCUT2D eigenvalue weighted by Gasteiger charge is -2.35. The summed E-state index contributed by atoms with van der Waals surface area (Å²) < 4.78 is 0. The largest absolute Gasteiger partial charge is 0.352 e. The molecule has 0 saturated carbocycles. The van der Waals surface area contributed by atoms with E-state index >= 15 is 0 Å². The van der Waals surface area contributed by atoms with Gasteiger partial charge >= 0.3 is 0 Å². The van der Waals surface area contributed by atoms with Crippen LogP contribution in [0.4, 0.5) is 0 Å². The summed E-state index contributed by atoms with van der Waals surface area (Å²) in [5.41, 5.74) is 0.499. The molecule has 2 heteroatoms. The van der Waals surface area contributed by atoms with E-state index in [4.69, 9.17) is 0 Å². The molecule has 0 aliphatic rings. The summed E-state index contributed by atoms with van der Waals surface area (Å²) in [6, 6.07) is 0. The standard InChI is InChI=1S/C14H27NO/c1-8-12(16)15-10-11(14(5,6)7)9-13(2,3)4/h8,11H,1,9-10H2,2-7H3,(H,15,16). The molecule has 0 aliphatic carbocycles. The van der Waals surface area contributed by atoms with Crippen LogP contribution in [0.15, 0.2) is 12.7 Å². The fraction of sp³-hybridized carbons (Fsp3) is 0.786. The Hall–Kier alpha value is -0.790. The van der Waals surface area contributed by atoms with E-state index in [0.717, 1.165) is 13.0 Å². The fourth-order valence-electron chi connectivity index (χ4n) is 1.72. The second-order valence-corrected chi connectivity index (χ2v) is 6.78. The Bertz CT molecular complexity index is 242. The lowest BCUT2D eigenvalue weighted by Crippen LogP contribution is -2.36. The fourth-order valence-corrected chi connectivity index (χ4v) is 1.72. The Morgan fingerprint density at radius 1 is 1.25 bits per heavy atom. The van der Waals surface area contributed by atoms with E-state index in [1.165, 1.54) is 6.08 Å². The Balaban J connectivity index is 4.46. The van der Waals surface area contributed by atoms with E-state index in [9.17, 15) is 4.79 Å². The van der Waals surface area contributed by atoms with Crippen LogP contribution in [0.3, 0.4) is 0 Å². The number of amides is 1. The Morgan fingerprint density at radius 3 is 2.06 bits per heavy atom. The van der Waals surface area contributed by atoms with Crippen LogP contribution in [-0.2, 0) is 4.79 Å². The van der Waals surface area contributed by atoms with Gasteiger partial charge in [-0.2, -0.15) is 0 Å². The van der Waals surface area contributed by atoms with Gasteiger partial charge in [0.15, 0.2) is 0 Å². The van der Waals surface area contributed by atoms with Crippen molar-refractivity contribution in [1.29, 1.82) is 0 Å². The second-order valence-electron chi connectivity index (χ2n) is 6.78. The number of rotatable bonds is 4. The summed E-state index contributed by atoms with van der Waals surface area (Å²) in [7, 11) is 0. The number of nitrogens with one attached hydrogen (secondary N) is 1. The number of hydrogen-bond donors (Lipinski definition) is 1. The van der Waals surface area contributed by atoms with E-state index in [-0.39, 0.29) is 16.7 Å². The molecule has 1 atom stereocenters. The number of hydrogen-bond acceptors (Lipinski definition) is 1. The third-order valence-corrected chi connectivity index (χ3v) is 2.79. The third-order valence-electron chi connectivity index (χ3n) is 2.79. The van der Waals surface area contributed by atoms with Crippen molar-refractivity contribution in [3.8, 4) is 0 Å². The highest BCUT2D eigenvalue weighted by atomic mass is 16.1. The van der Waals surface area contributed by atoms with Crippen molar-refractivity contribution in [3.63, 3.8) is 0 Å². The molecule has 0 heterocycles. The zero-order valence-corrected chi connectivity index (χ0v) is 11.7. The van der Waals surface area contributed by atoms with Crippen molar-refractivity contribution in [3.05, 3.63) is 12.7 Å². The van der Waals surface area contributed by atoms with Crippen LogP contribution in [0.25, 0.3) is 0 Å². The summed E-state index contributed by atoms with van der Waals surface area (Å²) in [6.07, 6.45) is 2.44. The van der Waals surface area contributed by atoms with E-state index in [2.05, 4.69) is 53.4 Å². The number of carbonyl (C=O) groups excluding carboxylic acids is 1. The third kappa shape index (κ3) is 6.65. The average Bonchev–Trinajstić information content (AvgIpc) is 2.08. The molecular weight excluding hydrogens is 198 g/mol. The van der Waals surface area contributed by atoms with E-state index in [1.807, 2.05) is 0 Å². The highest BCUT2D eigenvalue weighted by molar-refractivity contribution is 5.86.